The minimum Gasteiger partial charge on any atom is -0.465 e. The van der Waals surface area contributed by atoms with E-state index in [4.69, 9.17) is 16.3 Å². The molecular formula is C14H16ClIN4O3. The van der Waals surface area contributed by atoms with Crippen molar-refractivity contribution in [2.75, 3.05) is 13.7 Å². The van der Waals surface area contributed by atoms with Gasteiger partial charge in [-0.25, -0.2) is 14.8 Å². The van der Waals surface area contributed by atoms with Gasteiger partial charge in [-0.1, -0.05) is 11.6 Å². The van der Waals surface area contributed by atoms with E-state index < -0.39 is 6.09 Å². The van der Waals surface area contributed by atoms with Crippen molar-refractivity contribution in [3.05, 3.63) is 20.7 Å². The molecule has 0 bridgehead atoms. The molecule has 3 heterocycles. The quantitative estimate of drug-likeness (QED) is 0.572. The highest BCUT2D eigenvalue weighted by atomic mass is 127. The van der Waals surface area contributed by atoms with Crippen LogP contribution in [0.4, 0.5) is 4.79 Å². The lowest BCUT2D eigenvalue weighted by Gasteiger charge is -2.23. The second kappa shape index (κ2) is 6.78. The third-order valence-corrected chi connectivity index (χ3v) is 5.58. The third-order valence-electron chi connectivity index (χ3n) is 4.13. The Labute approximate surface area is 151 Å². The average molecular weight is 451 g/mol. The first kappa shape index (κ1) is 16.7. The van der Waals surface area contributed by atoms with Crippen LogP contribution in [0.25, 0.3) is 11.0 Å². The van der Waals surface area contributed by atoms with Crippen LogP contribution in [0.1, 0.15) is 18.5 Å². The Morgan fingerprint density at radius 2 is 2.35 bits per heavy atom. The zero-order valence-corrected chi connectivity index (χ0v) is 15.4. The summed E-state index contributed by atoms with van der Waals surface area (Å²) in [5, 5.41) is 10.5. The molecule has 0 spiro atoms. The van der Waals surface area contributed by atoms with Crippen LogP contribution in [-0.4, -0.2) is 50.3 Å². The minimum absolute atomic E-state index is 0.0664. The summed E-state index contributed by atoms with van der Waals surface area (Å²) in [5.74, 6) is 0. The average Bonchev–Trinajstić information content (AvgIpc) is 3.07. The molecule has 1 atom stereocenters. The molecule has 1 unspecified atom stereocenters. The lowest BCUT2D eigenvalue weighted by atomic mass is 10.2. The lowest BCUT2D eigenvalue weighted by Crippen LogP contribution is -2.37. The summed E-state index contributed by atoms with van der Waals surface area (Å²) in [6.07, 6.45) is 2.27. The largest absolute Gasteiger partial charge is 0.465 e. The zero-order valence-electron chi connectivity index (χ0n) is 12.5. The van der Waals surface area contributed by atoms with Crippen molar-refractivity contribution in [1.82, 2.24) is 19.4 Å². The Bertz CT molecular complexity index is 751. The van der Waals surface area contributed by atoms with E-state index in [1.807, 2.05) is 4.57 Å². The number of hydrogen-bond donors (Lipinski definition) is 1. The van der Waals surface area contributed by atoms with E-state index in [-0.39, 0.29) is 6.04 Å². The summed E-state index contributed by atoms with van der Waals surface area (Å²) in [6.45, 7) is 1.52. The SMILES string of the molecule is COCc1c(I)c2c(Cl)ncnc2n1CC1CCCN1C(=O)O. The number of ether oxygens (including phenoxy) is 1. The Kier molecular flexibility index (Phi) is 4.93. The van der Waals surface area contributed by atoms with Gasteiger partial charge in [0.15, 0.2) is 0 Å². The molecule has 1 N–H and O–H groups in total. The summed E-state index contributed by atoms with van der Waals surface area (Å²) in [6, 6.07) is -0.0664. The number of rotatable bonds is 4. The summed E-state index contributed by atoms with van der Waals surface area (Å²) in [4.78, 5) is 21.3. The number of aromatic nitrogens is 3. The number of hydrogen-bond acceptors (Lipinski definition) is 4. The van der Waals surface area contributed by atoms with Crippen LogP contribution in [-0.2, 0) is 17.9 Å². The van der Waals surface area contributed by atoms with Gasteiger partial charge < -0.3 is 19.3 Å². The van der Waals surface area contributed by atoms with Gasteiger partial charge in [0.2, 0.25) is 0 Å². The molecule has 124 valence electrons. The number of carboxylic acid groups (broad SMARTS) is 1. The molecule has 1 saturated heterocycles. The monoisotopic (exact) mass is 450 g/mol. The van der Waals surface area contributed by atoms with Crippen LogP contribution in [0.3, 0.4) is 0 Å². The summed E-state index contributed by atoms with van der Waals surface area (Å²) < 4.78 is 8.27. The van der Waals surface area contributed by atoms with Gasteiger partial charge in [-0.3, -0.25) is 0 Å². The van der Waals surface area contributed by atoms with Crippen molar-refractivity contribution < 1.29 is 14.6 Å². The van der Waals surface area contributed by atoms with E-state index in [9.17, 15) is 9.90 Å². The highest BCUT2D eigenvalue weighted by Gasteiger charge is 2.30. The molecule has 1 aliphatic rings. The first-order valence-corrected chi connectivity index (χ1v) is 8.65. The van der Waals surface area contributed by atoms with Crippen LogP contribution in [0.2, 0.25) is 5.15 Å². The summed E-state index contributed by atoms with van der Waals surface area (Å²) in [7, 11) is 1.63. The van der Waals surface area contributed by atoms with E-state index in [2.05, 4.69) is 32.6 Å². The molecule has 9 heteroatoms. The molecule has 7 nitrogen and oxygen atoms in total. The van der Waals surface area contributed by atoms with Gasteiger partial charge in [-0.2, -0.15) is 0 Å². The molecule has 1 fully saturated rings. The summed E-state index contributed by atoms with van der Waals surface area (Å²) >= 11 is 8.45. The van der Waals surface area contributed by atoms with Gasteiger partial charge in [-0.05, 0) is 35.4 Å². The maximum Gasteiger partial charge on any atom is 0.407 e. The fraction of sp³-hybridized carbons (Fsp3) is 0.500. The minimum atomic E-state index is -0.875. The van der Waals surface area contributed by atoms with Gasteiger partial charge in [0.05, 0.1) is 23.7 Å². The Morgan fingerprint density at radius 3 is 3.04 bits per heavy atom. The number of halogens is 2. The van der Waals surface area contributed by atoms with Gasteiger partial charge >= 0.3 is 6.09 Å². The zero-order chi connectivity index (χ0) is 16.6. The molecule has 23 heavy (non-hydrogen) atoms. The third kappa shape index (κ3) is 2.99. The molecule has 2 aromatic rings. The van der Waals surface area contributed by atoms with E-state index in [1.165, 1.54) is 11.2 Å². The number of methoxy groups -OCH3 is 1. The van der Waals surface area contributed by atoms with Crippen LogP contribution in [0.15, 0.2) is 6.33 Å². The predicted octanol–water partition coefficient (Wildman–Crippen LogP) is 2.98. The fourth-order valence-electron chi connectivity index (χ4n) is 3.10. The molecule has 0 aliphatic carbocycles. The van der Waals surface area contributed by atoms with E-state index in [0.29, 0.717) is 24.8 Å². The highest BCUT2D eigenvalue weighted by molar-refractivity contribution is 14.1. The van der Waals surface area contributed by atoms with Gasteiger partial charge in [0.25, 0.3) is 0 Å². The molecule has 0 radical (unpaired) electrons. The van der Waals surface area contributed by atoms with E-state index in [0.717, 1.165) is 33.1 Å². The Hall–Kier alpha value is -1.13. The van der Waals surface area contributed by atoms with E-state index >= 15 is 0 Å². The van der Waals surface area contributed by atoms with Crippen molar-refractivity contribution in [2.45, 2.75) is 32.0 Å². The van der Waals surface area contributed by atoms with E-state index in [1.54, 1.807) is 7.11 Å². The van der Waals surface area contributed by atoms with Crippen molar-refractivity contribution in [3.8, 4) is 0 Å². The summed E-state index contributed by atoms with van der Waals surface area (Å²) in [5.41, 5.74) is 1.67. The first-order chi connectivity index (χ1) is 11.0. The van der Waals surface area contributed by atoms with Crippen LogP contribution >= 0.6 is 34.2 Å². The first-order valence-electron chi connectivity index (χ1n) is 7.20. The molecular weight excluding hydrogens is 435 g/mol. The standard InChI is InChI=1S/C14H16ClIN4O3/c1-23-6-9-11(16)10-12(15)17-7-18-13(10)20(9)5-8-3-2-4-19(8)14(21)22/h7-8H,2-6H2,1H3,(H,21,22). The van der Waals surface area contributed by atoms with Crippen molar-refractivity contribution in [3.63, 3.8) is 0 Å². The maximum absolute atomic E-state index is 11.4. The van der Waals surface area contributed by atoms with Gasteiger partial charge in [0, 0.05) is 23.8 Å². The van der Waals surface area contributed by atoms with Gasteiger partial charge in [0.1, 0.15) is 17.1 Å². The lowest BCUT2D eigenvalue weighted by molar-refractivity contribution is 0.135. The van der Waals surface area contributed by atoms with Crippen molar-refractivity contribution in [2.24, 2.45) is 0 Å². The molecule has 0 saturated carbocycles. The second-order valence-electron chi connectivity index (χ2n) is 5.44. The number of fused-ring (bicyclic) bond motifs is 1. The topological polar surface area (TPSA) is 80.5 Å². The van der Waals surface area contributed by atoms with Crippen LogP contribution < -0.4 is 0 Å². The van der Waals surface area contributed by atoms with Gasteiger partial charge in [-0.15, -0.1) is 0 Å². The predicted molar refractivity (Wildman–Crippen MR) is 93.7 cm³/mol. The molecule has 1 amide bonds. The molecule has 3 rings (SSSR count). The molecule has 2 aromatic heterocycles. The van der Waals surface area contributed by atoms with Crippen molar-refractivity contribution >= 4 is 51.3 Å². The normalized spacial score (nSPS) is 18.0. The second-order valence-corrected chi connectivity index (χ2v) is 6.88. The molecule has 1 aliphatic heterocycles. The number of likely N-dealkylation sites (tertiary alicyclic amines) is 1. The number of nitrogens with zero attached hydrogens (tertiary/aromatic N) is 4. The smallest absolute Gasteiger partial charge is 0.407 e. The Balaban J connectivity index is 2.07. The van der Waals surface area contributed by atoms with Crippen molar-refractivity contribution in [1.29, 1.82) is 0 Å². The number of carbonyl (C=O) groups is 1. The van der Waals surface area contributed by atoms with Crippen LogP contribution in [0.5, 0.6) is 0 Å². The Morgan fingerprint density at radius 1 is 1.57 bits per heavy atom. The maximum atomic E-state index is 11.4. The number of amides is 1. The highest BCUT2D eigenvalue weighted by Crippen LogP contribution is 2.32. The molecule has 0 aromatic carbocycles. The van der Waals surface area contributed by atoms with Crippen LogP contribution in [0, 0.1) is 3.57 Å². The fourth-order valence-corrected chi connectivity index (χ4v) is 4.43.